The maximum Gasteiger partial charge on any atom is 0.0414 e. The van der Waals surface area contributed by atoms with Crippen molar-refractivity contribution in [3.8, 4) is 0 Å². The quantitative estimate of drug-likeness (QED) is 0.690. The molecular formula is C17H29NS. The van der Waals surface area contributed by atoms with Gasteiger partial charge in [0.25, 0.3) is 0 Å². The van der Waals surface area contributed by atoms with Gasteiger partial charge in [0, 0.05) is 11.8 Å². The highest BCUT2D eigenvalue weighted by atomic mass is 32.2. The Labute approximate surface area is 123 Å². The molecular weight excluding hydrogens is 250 g/mol. The Morgan fingerprint density at radius 1 is 1.21 bits per heavy atom. The number of benzene rings is 1. The lowest BCUT2D eigenvalue weighted by Crippen LogP contribution is -2.24. The lowest BCUT2D eigenvalue weighted by atomic mass is 10.0. The molecule has 0 aromatic heterocycles. The van der Waals surface area contributed by atoms with Crippen molar-refractivity contribution in [3.05, 3.63) is 34.9 Å². The molecule has 0 aliphatic carbocycles. The second-order valence-corrected chi connectivity index (χ2v) is 6.88. The Kier molecular flexibility index (Phi) is 7.55. The van der Waals surface area contributed by atoms with Crippen molar-refractivity contribution >= 4 is 11.8 Å². The molecule has 2 heteroatoms. The van der Waals surface area contributed by atoms with E-state index >= 15 is 0 Å². The predicted octanol–water partition coefficient (Wildman–Crippen LogP) is 4.73. The van der Waals surface area contributed by atoms with Crippen LogP contribution in [0.2, 0.25) is 0 Å². The van der Waals surface area contributed by atoms with Crippen LogP contribution in [0.15, 0.2) is 18.2 Å². The summed E-state index contributed by atoms with van der Waals surface area (Å²) in [7, 11) is 0. The average Bonchev–Trinajstić information content (AvgIpc) is 2.33. The lowest BCUT2D eigenvalue weighted by Gasteiger charge is -2.20. The van der Waals surface area contributed by atoms with Crippen molar-refractivity contribution in [2.75, 3.05) is 18.1 Å². The van der Waals surface area contributed by atoms with E-state index in [4.69, 9.17) is 0 Å². The molecule has 1 unspecified atom stereocenters. The topological polar surface area (TPSA) is 12.0 Å². The van der Waals surface area contributed by atoms with Gasteiger partial charge in [-0.15, -0.1) is 0 Å². The standard InChI is InChI=1S/C17H29NS/c1-6-18-17(12-19-10-9-13(2)3)16-8-7-14(4)11-15(16)5/h7-8,11,13,17-18H,6,9-10,12H2,1-5H3. The molecule has 0 spiro atoms. The zero-order valence-corrected chi connectivity index (χ0v) is 13.9. The van der Waals surface area contributed by atoms with E-state index in [2.05, 4.69) is 69.9 Å². The number of hydrogen-bond donors (Lipinski definition) is 1. The molecule has 0 aliphatic rings. The molecule has 1 nitrogen and oxygen atoms in total. The fraction of sp³-hybridized carbons (Fsp3) is 0.647. The Hall–Kier alpha value is -0.470. The number of thioether (sulfide) groups is 1. The minimum atomic E-state index is 0.489. The van der Waals surface area contributed by atoms with Crippen LogP contribution >= 0.6 is 11.8 Å². The van der Waals surface area contributed by atoms with E-state index in [1.807, 2.05) is 0 Å². The van der Waals surface area contributed by atoms with E-state index in [1.54, 1.807) is 0 Å². The summed E-state index contributed by atoms with van der Waals surface area (Å²) in [5.41, 5.74) is 4.23. The molecule has 1 rings (SSSR count). The zero-order valence-electron chi connectivity index (χ0n) is 13.1. The maximum absolute atomic E-state index is 3.63. The van der Waals surface area contributed by atoms with E-state index in [9.17, 15) is 0 Å². The van der Waals surface area contributed by atoms with Crippen molar-refractivity contribution in [3.63, 3.8) is 0 Å². The SMILES string of the molecule is CCNC(CSCCC(C)C)c1ccc(C)cc1C. The van der Waals surface area contributed by atoms with Crippen molar-refractivity contribution in [1.29, 1.82) is 0 Å². The first kappa shape index (κ1) is 16.6. The minimum absolute atomic E-state index is 0.489. The molecule has 1 atom stereocenters. The summed E-state index contributed by atoms with van der Waals surface area (Å²) in [5.74, 6) is 3.25. The molecule has 0 radical (unpaired) electrons. The van der Waals surface area contributed by atoms with Gasteiger partial charge in [-0.25, -0.2) is 0 Å². The largest absolute Gasteiger partial charge is 0.310 e. The Morgan fingerprint density at radius 3 is 2.53 bits per heavy atom. The van der Waals surface area contributed by atoms with Crippen LogP contribution in [-0.4, -0.2) is 18.1 Å². The molecule has 108 valence electrons. The summed E-state index contributed by atoms with van der Waals surface area (Å²) >= 11 is 2.07. The molecule has 0 saturated heterocycles. The minimum Gasteiger partial charge on any atom is -0.310 e. The first-order chi connectivity index (χ1) is 9.04. The fourth-order valence-electron chi connectivity index (χ4n) is 2.24. The molecule has 1 aromatic carbocycles. The van der Waals surface area contributed by atoms with Crippen molar-refractivity contribution in [2.24, 2.45) is 5.92 Å². The van der Waals surface area contributed by atoms with Crippen molar-refractivity contribution in [1.82, 2.24) is 5.32 Å². The molecule has 1 N–H and O–H groups in total. The lowest BCUT2D eigenvalue weighted by molar-refractivity contribution is 0.600. The number of aryl methyl sites for hydroxylation is 2. The molecule has 0 bridgehead atoms. The van der Waals surface area contributed by atoms with E-state index in [0.717, 1.165) is 12.5 Å². The predicted molar refractivity (Wildman–Crippen MR) is 89.1 cm³/mol. The van der Waals surface area contributed by atoms with Gasteiger partial charge in [0.1, 0.15) is 0 Å². The summed E-state index contributed by atoms with van der Waals surface area (Å²) < 4.78 is 0. The monoisotopic (exact) mass is 279 g/mol. The summed E-state index contributed by atoms with van der Waals surface area (Å²) in [6.45, 7) is 12.2. The van der Waals surface area contributed by atoms with Gasteiger partial charge in [0.2, 0.25) is 0 Å². The normalized spacial score (nSPS) is 12.9. The van der Waals surface area contributed by atoms with E-state index in [0.29, 0.717) is 6.04 Å². The third kappa shape index (κ3) is 6.01. The van der Waals surface area contributed by atoms with Crippen LogP contribution in [-0.2, 0) is 0 Å². The molecule has 0 fully saturated rings. The van der Waals surface area contributed by atoms with Crippen LogP contribution in [0, 0.1) is 19.8 Å². The fourth-order valence-corrected chi connectivity index (χ4v) is 3.58. The van der Waals surface area contributed by atoms with Crippen molar-refractivity contribution in [2.45, 2.75) is 47.1 Å². The van der Waals surface area contributed by atoms with Gasteiger partial charge in [-0.3, -0.25) is 0 Å². The van der Waals surface area contributed by atoms with Gasteiger partial charge in [-0.2, -0.15) is 11.8 Å². The smallest absolute Gasteiger partial charge is 0.0414 e. The molecule has 0 amide bonds. The second-order valence-electron chi connectivity index (χ2n) is 5.73. The van der Waals surface area contributed by atoms with Gasteiger partial charge in [-0.05, 0) is 49.6 Å². The van der Waals surface area contributed by atoms with Crippen LogP contribution in [0.3, 0.4) is 0 Å². The number of hydrogen-bond acceptors (Lipinski definition) is 2. The third-order valence-corrected chi connectivity index (χ3v) is 4.47. The van der Waals surface area contributed by atoms with Gasteiger partial charge < -0.3 is 5.32 Å². The molecule has 19 heavy (non-hydrogen) atoms. The van der Waals surface area contributed by atoms with Crippen LogP contribution in [0.5, 0.6) is 0 Å². The van der Waals surface area contributed by atoms with E-state index in [-0.39, 0.29) is 0 Å². The summed E-state index contributed by atoms with van der Waals surface area (Å²) in [6.07, 6.45) is 1.32. The van der Waals surface area contributed by atoms with Gasteiger partial charge in [0.15, 0.2) is 0 Å². The Bertz CT molecular complexity index is 374. The van der Waals surface area contributed by atoms with Gasteiger partial charge in [-0.1, -0.05) is 44.5 Å². The molecule has 1 aromatic rings. The summed E-state index contributed by atoms with van der Waals surface area (Å²) in [4.78, 5) is 0. The van der Waals surface area contributed by atoms with Crippen LogP contribution < -0.4 is 5.32 Å². The second kappa shape index (κ2) is 8.65. The highest BCUT2D eigenvalue weighted by Gasteiger charge is 2.12. The van der Waals surface area contributed by atoms with Gasteiger partial charge in [0.05, 0.1) is 0 Å². The number of nitrogens with one attached hydrogen (secondary N) is 1. The molecule has 0 aliphatic heterocycles. The summed E-state index contributed by atoms with van der Waals surface area (Å²) in [6, 6.07) is 7.30. The number of rotatable bonds is 8. The molecule has 0 heterocycles. The van der Waals surface area contributed by atoms with Crippen molar-refractivity contribution < 1.29 is 0 Å². The highest BCUT2D eigenvalue weighted by Crippen LogP contribution is 2.23. The highest BCUT2D eigenvalue weighted by molar-refractivity contribution is 7.99. The van der Waals surface area contributed by atoms with Crippen LogP contribution in [0.1, 0.15) is 49.9 Å². The Morgan fingerprint density at radius 2 is 1.95 bits per heavy atom. The molecule has 0 saturated carbocycles. The Balaban J connectivity index is 2.60. The first-order valence-corrected chi connectivity index (χ1v) is 8.58. The van der Waals surface area contributed by atoms with E-state index in [1.165, 1.54) is 34.6 Å². The average molecular weight is 279 g/mol. The zero-order chi connectivity index (χ0) is 14.3. The maximum atomic E-state index is 3.63. The van der Waals surface area contributed by atoms with Crippen LogP contribution in [0.25, 0.3) is 0 Å². The first-order valence-electron chi connectivity index (χ1n) is 7.42. The van der Waals surface area contributed by atoms with E-state index < -0.39 is 0 Å². The third-order valence-electron chi connectivity index (χ3n) is 3.38. The van der Waals surface area contributed by atoms with Crippen LogP contribution in [0.4, 0.5) is 0 Å². The van der Waals surface area contributed by atoms with Gasteiger partial charge >= 0.3 is 0 Å². The summed E-state index contributed by atoms with van der Waals surface area (Å²) in [5, 5.41) is 3.63.